The molecule has 2 aliphatic heterocycles. The highest BCUT2D eigenvalue weighted by atomic mass is 79.9. The van der Waals surface area contributed by atoms with Crippen LogP contribution in [0.25, 0.3) is 0 Å². The van der Waals surface area contributed by atoms with Crippen LogP contribution in [0.15, 0.2) is 71.2 Å². The molecule has 7 rings (SSSR count). The highest BCUT2D eigenvalue weighted by Crippen LogP contribution is 2.40. The molecule has 0 radical (unpaired) electrons. The maximum atomic E-state index is 6.74. The van der Waals surface area contributed by atoms with Crippen molar-refractivity contribution >= 4 is 15.9 Å². The van der Waals surface area contributed by atoms with Gasteiger partial charge in [-0.1, -0.05) is 70.5 Å². The average Bonchev–Trinajstić information content (AvgIpc) is 3.25. The molecule has 0 saturated carbocycles. The number of hydrogen-bond acceptors (Lipinski definition) is 12. The Bertz CT molecular complexity index is 1830. The van der Waals surface area contributed by atoms with E-state index in [0.29, 0.717) is 158 Å². The smallest absolute Gasteiger partial charge is 0.126 e. The highest BCUT2D eigenvalue weighted by Gasteiger charge is 2.22. The summed E-state index contributed by atoms with van der Waals surface area (Å²) in [6.07, 6.45) is 2.26. The first kappa shape index (κ1) is 45.3. The average molecular weight is 908 g/mol. The fourth-order valence-electron chi connectivity index (χ4n) is 7.62. The van der Waals surface area contributed by atoms with Crippen LogP contribution < -0.4 is 18.9 Å². The molecule has 0 fully saturated rings. The second-order valence-corrected chi connectivity index (χ2v) is 15.7. The molecule has 0 spiro atoms. The Balaban J connectivity index is 1.34. The number of halogens is 1. The topological polar surface area (TPSA) is 111 Å². The van der Waals surface area contributed by atoms with Crippen LogP contribution in [0, 0.1) is 0 Å². The Morgan fingerprint density at radius 3 is 0.705 bits per heavy atom. The van der Waals surface area contributed by atoms with Crippen LogP contribution in [0.3, 0.4) is 0 Å². The van der Waals surface area contributed by atoms with Gasteiger partial charge in [0.15, 0.2) is 0 Å². The third-order valence-corrected chi connectivity index (χ3v) is 10.9. The molecule has 4 aromatic rings. The first-order valence-electron chi connectivity index (χ1n) is 21.5. The van der Waals surface area contributed by atoms with Crippen molar-refractivity contribution in [3.8, 4) is 23.0 Å². The van der Waals surface area contributed by atoms with Crippen molar-refractivity contribution in [3.63, 3.8) is 0 Å². The highest BCUT2D eigenvalue weighted by molar-refractivity contribution is 9.10. The van der Waals surface area contributed by atoms with Crippen molar-refractivity contribution in [2.75, 3.05) is 132 Å². The lowest BCUT2D eigenvalue weighted by molar-refractivity contribution is -0.00706. The predicted molar refractivity (Wildman–Crippen MR) is 233 cm³/mol. The zero-order valence-electron chi connectivity index (χ0n) is 35.1. The van der Waals surface area contributed by atoms with Crippen LogP contribution in [-0.4, -0.2) is 132 Å². The van der Waals surface area contributed by atoms with E-state index >= 15 is 0 Å². The Morgan fingerprint density at radius 2 is 0.459 bits per heavy atom. The SMILES string of the molecule is Brc1cc2c3c(c1)Cc1cccc4c1OCCOCCOCCOCCOCCOc1c(cccc1C2)Cc1cccc(c1OCCOCCOCCOCCOCCO3)C4. The Hall–Kier alpha value is -3.76. The van der Waals surface area contributed by atoms with E-state index in [1.807, 2.05) is 0 Å². The molecule has 0 unspecified atom stereocenters. The van der Waals surface area contributed by atoms with E-state index in [1.54, 1.807) is 0 Å². The molecule has 3 aliphatic rings. The summed E-state index contributed by atoms with van der Waals surface area (Å²) in [6, 6.07) is 23.4. The van der Waals surface area contributed by atoms with Crippen molar-refractivity contribution in [3.05, 3.63) is 116 Å². The van der Waals surface area contributed by atoms with Gasteiger partial charge in [-0.25, -0.2) is 0 Å². The lowest BCUT2D eigenvalue weighted by Gasteiger charge is -2.23. The number of para-hydroxylation sites is 3. The molecular weight excluding hydrogens is 848 g/mol. The quantitative estimate of drug-likeness (QED) is 0.163. The van der Waals surface area contributed by atoms with Crippen LogP contribution in [-0.2, 0) is 63.6 Å². The lowest BCUT2D eigenvalue weighted by atomic mass is 9.91. The van der Waals surface area contributed by atoms with Crippen LogP contribution in [0.4, 0.5) is 0 Å². The molecule has 12 bridgehead atoms. The van der Waals surface area contributed by atoms with Gasteiger partial charge in [-0.05, 0) is 45.5 Å². The van der Waals surface area contributed by atoms with Crippen LogP contribution in [0.1, 0.15) is 44.5 Å². The molecule has 13 heteroatoms. The number of rotatable bonds is 0. The maximum Gasteiger partial charge on any atom is 0.126 e. The molecule has 1 aliphatic carbocycles. The molecule has 61 heavy (non-hydrogen) atoms. The van der Waals surface area contributed by atoms with Crippen molar-refractivity contribution in [1.29, 1.82) is 0 Å². The maximum absolute atomic E-state index is 6.74. The van der Waals surface area contributed by atoms with Gasteiger partial charge in [0.05, 0.1) is 106 Å². The Morgan fingerprint density at radius 1 is 0.262 bits per heavy atom. The summed E-state index contributed by atoms with van der Waals surface area (Å²) >= 11 is 3.87. The van der Waals surface area contributed by atoms with E-state index in [1.165, 1.54) is 0 Å². The third-order valence-electron chi connectivity index (χ3n) is 10.4. The van der Waals surface area contributed by atoms with E-state index < -0.39 is 0 Å². The van der Waals surface area contributed by atoms with Crippen LogP contribution >= 0.6 is 15.9 Å². The van der Waals surface area contributed by atoms with Gasteiger partial charge in [0, 0.05) is 41.3 Å². The molecule has 2 heterocycles. The molecular formula is C48H59BrO12. The minimum Gasteiger partial charge on any atom is -0.491 e. The van der Waals surface area contributed by atoms with Crippen molar-refractivity contribution < 1.29 is 56.8 Å². The molecule has 0 atom stereocenters. The van der Waals surface area contributed by atoms with Gasteiger partial charge < -0.3 is 56.8 Å². The third kappa shape index (κ3) is 14.1. The van der Waals surface area contributed by atoms with Gasteiger partial charge in [0.25, 0.3) is 0 Å². The predicted octanol–water partition coefficient (Wildman–Crippen LogP) is 6.80. The Labute approximate surface area is 368 Å². The van der Waals surface area contributed by atoms with E-state index in [2.05, 4.69) is 82.7 Å². The minimum atomic E-state index is 0.358. The fourth-order valence-corrected chi connectivity index (χ4v) is 8.17. The summed E-state index contributed by atoms with van der Waals surface area (Å²) < 4.78 is 74.6. The summed E-state index contributed by atoms with van der Waals surface area (Å²) in [5.41, 5.74) is 8.28. The van der Waals surface area contributed by atoms with Gasteiger partial charge in [-0.2, -0.15) is 0 Å². The van der Waals surface area contributed by atoms with Crippen molar-refractivity contribution in [2.45, 2.75) is 25.7 Å². The van der Waals surface area contributed by atoms with Crippen LogP contribution in [0.5, 0.6) is 23.0 Å². The van der Waals surface area contributed by atoms with E-state index in [-0.39, 0.29) is 0 Å². The molecule has 0 amide bonds. The monoisotopic (exact) mass is 906 g/mol. The van der Waals surface area contributed by atoms with E-state index in [0.717, 1.165) is 72.0 Å². The summed E-state index contributed by atoms with van der Waals surface area (Å²) in [5.74, 6) is 3.28. The van der Waals surface area contributed by atoms with E-state index in [4.69, 9.17) is 56.8 Å². The van der Waals surface area contributed by atoms with Gasteiger partial charge in [-0.3, -0.25) is 0 Å². The van der Waals surface area contributed by atoms with Gasteiger partial charge in [0.2, 0.25) is 0 Å². The number of benzene rings is 4. The van der Waals surface area contributed by atoms with Gasteiger partial charge in [0.1, 0.15) is 49.4 Å². The zero-order chi connectivity index (χ0) is 41.7. The number of ether oxygens (including phenoxy) is 12. The Kier molecular flexibility index (Phi) is 18.8. The van der Waals surface area contributed by atoms with Gasteiger partial charge >= 0.3 is 0 Å². The summed E-state index contributed by atoms with van der Waals surface area (Å²) in [4.78, 5) is 0. The molecule has 0 N–H and O–H groups in total. The van der Waals surface area contributed by atoms with Crippen molar-refractivity contribution in [1.82, 2.24) is 0 Å². The zero-order valence-corrected chi connectivity index (χ0v) is 36.7. The van der Waals surface area contributed by atoms with Crippen LogP contribution in [0.2, 0.25) is 0 Å². The molecule has 330 valence electrons. The van der Waals surface area contributed by atoms with Crippen molar-refractivity contribution in [2.24, 2.45) is 0 Å². The molecule has 12 nitrogen and oxygen atoms in total. The first-order valence-corrected chi connectivity index (χ1v) is 22.3. The molecule has 0 aromatic heterocycles. The van der Waals surface area contributed by atoms with E-state index in [9.17, 15) is 0 Å². The summed E-state index contributed by atoms with van der Waals surface area (Å²) in [5, 5.41) is 0. The molecule has 0 saturated heterocycles. The lowest BCUT2D eigenvalue weighted by Crippen LogP contribution is -2.15. The fraction of sp³-hybridized carbons (Fsp3) is 0.500. The first-order chi connectivity index (χ1) is 30.2. The molecule has 4 aromatic carbocycles. The largest absolute Gasteiger partial charge is 0.491 e. The van der Waals surface area contributed by atoms with Gasteiger partial charge in [-0.15, -0.1) is 0 Å². The summed E-state index contributed by atoms with van der Waals surface area (Å²) in [7, 11) is 0. The second kappa shape index (κ2) is 25.4. The number of hydrogen-bond donors (Lipinski definition) is 0. The minimum absolute atomic E-state index is 0.358. The summed E-state index contributed by atoms with van der Waals surface area (Å²) in [6.45, 7) is 8.68. The second-order valence-electron chi connectivity index (χ2n) is 14.8. The standard InChI is InChI=1S/C48H59BrO12/c49-44-34-42-32-40-8-2-6-38-30-36-4-1-5-37-31-39-7-3-9-41(47(39)60-28-24-56-20-16-52-11-10-51-15-19-55-23-27-59-46(38)40)33-43(35-44)48(42)61-29-25-57-21-17-53-13-12-50-14-18-54-22-26-58-45(36)37/h1-9,34-35H,10-33H2. The normalized spacial score (nSPS) is 19.0.